The lowest BCUT2D eigenvalue weighted by atomic mass is 10.1. The van der Waals surface area contributed by atoms with Crippen molar-refractivity contribution in [3.63, 3.8) is 0 Å². The second-order valence-electron chi connectivity index (χ2n) is 15.3. The summed E-state index contributed by atoms with van der Waals surface area (Å²) in [4.78, 5) is 34.3. The third-order valence-corrected chi connectivity index (χ3v) is 17.1. The molecule has 28 heteroatoms. The van der Waals surface area contributed by atoms with Crippen LogP contribution in [0.4, 0.5) is 37.7 Å². The van der Waals surface area contributed by atoms with Crippen LogP contribution in [0.1, 0.15) is 54.6 Å². The van der Waals surface area contributed by atoms with Crippen molar-refractivity contribution in [2.75, 3.05) is 48.8 Å². The van der Waals surface area contributed by atoms with Gasteiger partial charge in [-0.15, -0.1) is 11.8 Å². The number of sulfone groups is 1. The van der Waals surface area contributed by atoms with Gasteiger partial charge in [-0.3, -0.25) is 9.59 Å². The first-order valence-corrected chi connectivity index (χ1v) is 28.0. The van der Waals surface area contributed by atoms with Gasteiger partial charge >= 0.3 is 12.4 Å². The van der Waals surface area contributed by atoms with E-state index < -0.39 is 110 Å². The summed E-state index contributed by atoms with van der Waals surface area (Å²) in [7, 11) is -11.1. The molecule has 0 amide bonds. The van der Waals surface area contributed by atoms with Crippen LogP contribution in [-0.2, 0) is 51.7 Å². The smallest absolute Gasteiger partial charge is 0.363 e. The van der Waals surface area contributed by atoms with Crippen LogP contribution in [-0.4, -0.2) is 87.0 Å². The van der Waals surface area contributed by atoms with Crippen LogP contribution in [0.5, 0.6) is 0 Å². The summed E-state index contributed by atoms with van der Waals surface area (Å²) in [6.45, 7) is 1.56. The summed E-state index contributed by atoms with van der Waals surface area (Å²) < 4.78 is 171. The van der Waals surface area contributed by atoms with Gasteiger partial charge in [0.1, 0.15) is 24.8 Å². The van der Waals surface area contributed by atoms with Gasteiger partial charge in [0.05, 0.1) is 68.7 Å². The van der Waals surface area contributed by atoms with E-state index in [4.69, 9.17) is 55.9 Å². The Balaban J connectivity index is 0.000000274. The number of sulfonamides is 2. The minimum absolute atomic E-state index is 0.0445. The number of hydrogen-bond acceptors (Lipinski definition) is 13. The van der Waals surface area contributed by atoms with E-state index in [1.54, 1.807) is 30.5 Å². The molecule has 2 aromatic heterocycles. The monoisotopic (exact) mass is 1190 g/mol. The molecule has 0 radical (unpaired) electrons. The first-order valence-electron chi connectivity index (χ1n) is 20.4. The molecule has 0 fully saturated rings. The van der Waals surface area contributed by atoms with E-state index in [1.807, 2.05) is 0 Å². The number of nitrogens with zero attached hydrogens (tertiary/aromatic N) is 4. The highest BCUT2D eigenvalue weighted by atomic mass is 35.5. The van der Waals surface area contributed by atoms with E-state index in [9.17, 15) is 61.2 Å². The highest BCUT2D eigenvalue weighted by Crippen LogP contribution is 2.40. The van der Waals surface area contributed by atoms with Crippen molar-refractivity contribution in [1.29, 1.82) is 0 Å². The number of benzene rings is 4. The highest BCUT2D eigenvalue weighted by Gasteiger charge is 2.39. The number of thioether (sulfide) groups is 1. The Kier molecular flexibility index (Phi) is 19.0. The molecule has 0 bridgehead atoms. The molecular weight excluding hydrogens is 1150 g/mol. The number of methoxy groups -OCH3 is 2. The van der Waals surface area contributed by atoms with E-state index >= 15 is 0 Å². The van der Waals surface area contributed by atoms with Gasteiger partial charge in [0.2, 0.25) is 11.6 Å². The van der Waals surface area contributed by atoms with Crippen molar-refractivity contribution in [2.24, 2.45) is 0 Å². The lowest BCUT2D eigenvalue weighted by molar-refractivity contribution is -0.138. The van der Waals surface area contributed by atoms with E-state index in [0.717, 1.165) is 43.7 Å². The Morgan fingerprint density at radius 3 is 1.34 bits per heavy atom. The molecular formula is C46H38Cl4F6N4O10S4. The van der Waals surface area contributed by atoms with Crippen LogP contribution < -0.4 is 8.61 Å². The normalized spacial score (nSPS) is 12.2. The van der Waals surface area contributed by atoms with Crippen molar-refractivity contribution >= 4 is 111 Å². The van der Waals surface area contributed by atoms with Gasteiger partial charge in [-0.1, -0.05) is 70.7 Å². The number of ketones is 2. The number of pyridine rings is 2. The number of alkyl halides is 6. The molecule has 2 heterocycles. The average Bonchev–Trinajstić information content (AvgIpc) is 3.32. The highest BCUT2D eigenvalue weighted by molar-refractivity contribution is 7.98. The first-order chi connectivity index (χ1) is 34.3. The van der Waals surface area contributed by atoms with Crippen molar-refractivity contribution in [3.05, 3.63) is 162 Å². The minimum Gasteiger partial charge on any atom is -0.363 e. The van der Waals surface area contributed by atoms with Crippen molar-refractivity contribution in [2.45, 2.75) is 45.8 Å². The molecule has 0 aliphatic heterocycles. The van der Waals surface area contributed by atoms with Gasteiger partial charge in [-0.25, -0.2) is 43.8 Å². The Morgan fingerprint density at radius 2 is 0.959 bits per heavy atom. The van der Waals surface area contributed by atoms with Gasteiger partial charge in [0.15, 0.2) is 9.84 Å². The zero-order valence-electron chi connectivity index (χ0n) is 38.9. The summed E-state index contributed by atoms with van der Waals surface area (Å²) in [5.74, 6) is -1.57. The number of carbonyl (C=O) groups is 2. The summed E-state index contributed by atoms with van der Waals surface area (Å²) in [6, 6.07) is 18.4. The molecule has 0 aliphatic carbocycles. The van der Waals surface area contributed by atoms with Gasteiger partial charge in [-0.05, 0) is 92.9 Å². The molecule has 0 atom stereocenters. The largest absolute Gasteiger partial charge is 0.417 e. The SMILES string of the molecule is COCN(c1cc(Cl)c(C)nc1C(=O)c1ccccc1S(C)(=O)=O)S(=O)(=O)c1ccc(Cl)c(C(F)(F)F)c1.COCN(c1cc(Cl)c(C)nc1C(=O)c1ccccc1SC)S(=O)(=O)c1ccc(Cl)c(C(F)(F)F)c1. The molecule has 0 spiro atoms. The fraction of sp³-hybridized carbons (Fsp3) is 0.217. The van der Waals surface area contributed by atoms with Crippen LogP contribution in [0.2, 0.25) is 20.1 Å². The topological polar surface area (TPSA) is 187 Å². The quantitative estimate of drug-likeness (QED) is 0.0386. The van der Waals surface area contributed by atoms with Crippen LogP contribution in [0.15, 0.2) is 117 Å². The maximum Gasteiger partial charge on any atom is 0.417 e. The fourth-order valence-electron chi connectivity index (χ4n) is 6.71. The molecule has 74 heavy (non-hydrogen) atoms. The van der Waals surface area contributed by atoms with Gasteiger partial charge in [-0.2, -0.15) is 26.3 Å². The lowest BCUT2D eigenvalue weighted by Gasteiger charge is -2.26. The molecule has 0 N–H and O–H groups in total. The standard InChI is InChI=1S/C23H19Cl2F3N2O6S2.C23H19Cl2F3N2O4S2/c1-13-18(25)11-19(21(29-13)22(31)15-6-4-5-7-20(15)37(3,32)33)30(12-36-2)38(34,35)14-8-9-17(24)16(10-14)23(26,27)28;1-13-18(25)11-19(21(29-13)22(31)15-6-4-5-7-20(15)35-3)30(12-34-2)36(32,33)14-8-9-17(24)16(10-14)23(26,27)28/h4-11H,12H2,1-3H3;4-11H,12H2,1-3H3. The number of anilines is 2. The predicted molar refractivity (Wildman–Crippen MR) is 269 cm³/mol. The molecule has 0 saturated carbocycles. The Hall–Kier alpha value is -5.02. The zero-order valence-corrected chi connectivity index (χ0v) is 45.2. The number of aryl methyl sites for hydroxylation is 2. The molecule has 0 aliphatic rings. The van der Waals surface area contributed by atoms with Gasteiger partial charge in [0.25, 0.3) is 20.0 Å². The maximum absolute atomic E-state index is 13.6. The van der Waals surface area contributed by atoms with Gasteiger partial charge < -0.3 is 9.47 Å². The number of rotatable bonds is 16. The third kappa shape index (κ3) is 13.1. The number of carbonyl (C=O) groups excluding carboxylic acids is 2. The molecule has 6 aromatic rings. The van der Waals surface area contributed by atoms with Crippen molar-refractivity contribution < 1.29 is 70.7 Å². The summed E-state index contributed by atoms with van der Waals surface area (Å²) in [5.41, 5.74) is -3.87. The van der Waals surface area contributed by atoms with Crippen LogP contribution in [0.3, 0.4) is 0 Å². The van der Waals surface area contributed by atoms with Crippen molar-refractivity contribution in [1.82, 2.24) is 9.97 Å². The second-order valence-corrected chi connectivity index (χ2v) is 23.5. The summed E-state index contributed by atoms with van der Waals surface area (Å²) in [6.07, 6.45) is -7.19. The predicted octanol–water partition coefficient (Wildman–Crippen LogP) is 11.6. The molecule has 6 rings (SSSR count). The third-order valence-electron chi connectivity index (χ3n) is 10.3. The number of hydrogen-bond donors (Lipinski definition) is 0. The Bertz CT molecular complexity index is 3500. The Labute approximate surface area is 445 Å². The summed E-state index contributed by atoms with van der Waals surface area (Å²) >= 11 is 25.0. The first kappa shape index (κ1) is 59.9. The second kappa shape index (κ2) is 23.5. The van der Waals surface area contributed by atoms with E-state index in [2.05, 4.69) is 9.97 Å². The molecule has 4 aromatic carbocycles. The number of aromatic nitrogens is 2. The average molecular weight is 1190 g/mol. The molecule has 0 saturated heterocycles. The summed E-state index contributed by atoms with van der Waals surface area (Å²) in [5, 5.41) is -1.41. The van der Waals surface area contributed by atoms with E-state index in [-0.39, 0.29) is 48.8 Å². The molecule has 0 unspecified atom stereocenters. The van der Waals surface area contributed by atoms with Crippen LogP contribution in [0.25, 0.3) is 0 Å². The number of halogens is 10. The van der Waals surface area contributed by atoms with E-state index in [0.29, 0.717) is 25.6 Å². The van der Waals surface area contributed by atoms with Crippen LogP contribution >= 0.6 is 58.2 Å². The van der Waals surface area contributed by atoms with Crippen LogP contribution in [0, 0.1) is 13.8 Å². The van der Waals surface area contributed by atoms with Gasteiger partial charge in [0, 0.05) is 36.5 Å². The minimum atomic E-state index is -4.96. The van der Waals surface area contributed by atoms with Crippen molar-refractivity contribution in [3.8, 4) is 0 Å². The van der Waals surface area contributed by atoms with E-state index in [1.165, 1.54) is 63.1 Å². The molecule has 14 nitrogen and oxygen atoms in total. The maximum atomic E-state index is 13.6. The Morgan fingerprint density at radius 1 is 0.581 bits per heavy atom. The lowest BCUT2D eigenvalue weighted by Crippen LogP contribution is -2.35. The zero-order chi connectivity index (χ0) is 55.5. The fourth-order valence-corrected chi connectivity index (χ4v) is 11.7. The molecule has 396 valence electrons. The number of ether oxygens (including phenoxy) is 2.